The molecule has 0 radical (unpaired) electrons. The number of benzene rings is 3. The number of esters is 3. The van der Waals surface area contributed by atoms with E-state index in [1.165, 1.54) is 18.2 Å². The smallest absolute Gasteiger partial charge is 0.338 e. The Hall–Kier alpha value is -4.78. The maximum Gasteiger partial charge on any atom is 0.338 e. The van der Waals surface area contributed by atoms with E-state index in [0.717, 1.165) is 5.56 Å². The van der Waals surface area contributed by atoms with Crippen molar-refractivity contribution in [3.05, 3.63) is 114 Å². The van der Waals surface area contributed by atoms with Crippen LogP contribution in [0.2, 0.25) is 0 Å². The van der Waals surface area contributed by atoms with Gasteiger partial charge in [0, 0.05) is 29.2 Å². The molecular weight excluding hydrogens is 487 g/mol. The van der Waals surface area contributed by atoms with Crippen molar-refractivity contribution < 1.29 is 33.0 Å². The van der Waals surface area contributed by atoms with Crippen molar-refractivity contribution in [3.63, 3.8) is 0 Å². The summed E-state index contributed by atoms with van der Waals surface area (Å²) in [4.78, 5) is 35.2. The van der Waals surface area contributed by atoms with E-state index < -0.39 is 23.7 Å². The van der Waals surface area contributed by atoms with Crippen molar-refractivity contribution in [3.8, 4) is 22.6 Å². The first-order chi connectivity index (χ1) is 18.1. The van der Waals surface area contributed by atoms with Crippen molar-refractivity contribution >= 4 is 24.0 Å². The van der Waals surface area contributed by atoms with Gasteiger partial charge in [-0.25, -0.2) is 18.8 Å². The Labute approximate surface area is 220 Å². The van der Waals surface area contributed by atoms with Gasteiger partial charge in [-0.05, 0) is 66.9 Å². The lowest BCUT2D eigenvalue weighted by Gasteiger charge is -2.07. The Bertz CT molecular complexity index is 1380. The molecule has 38 heavy (non-hydrogen) atoms. The van der Waals surface area contributed by atoms with Crippen LogP contribution >= 0.6 is 0 Å². The van der Waals surface area contributed by atoms with E-state index in [1.54, 1.807) is 74.5 Å². The monoisotopic (exact) mass is 514 g/mol. The Morgan fingerprint density at radius 1 is 0.816 bits per heavy atom. The molecule has 0 amide bonds. The minimum absolute atomic E-state index is 0.221. The summed E-state index contributed by atoms with van der Waals surface area (Å²) in [6, 6.07) is 17.8. The lowest BCUT2D eigenvalue weighted by molar-refractivity contribution is -0.139. The van der Waals surface area contributed by atoms with Gasteiger partial charge in [-0.3, -0.25) is 0 Å². The molecule has 0 saturated carbocycles. The summed E-state index contributed by atoms with van der Waals surface area (Å²) in [7, 11) is 0. The summed E-state index contributed by atoms with van der Waals surface area (Å²) < 4.78 is 30.2. The number of carbonyl (C=O) groups is 3. The molecule has 6 nitrogen and oxygen atoms in total. The number of ether oxygens (including phenoxy) is 3. The Balaban J connectivity index is 1.55. The molecule has 0 unspecified atom stereocenters. The van der Waals surface area contributed by atoms with Crippen LogP contribution in [-0.2, 0) is 25.5 Å². The fourth-order valence-corrected chi connectivity index (χ4v) is 3.19. The van der Waals surface area contributed by atoms with Gasteiger partial charge in [0.2, 0.25) is 0 Å². The van der Waals surface area contributed by atoms with Gasteiger partial charge < -0.3 is 14.2 Å². The second-order valence-electron chi connectivity index (χ2n) is 8.50. The molecule has 0 bridgehead atoms. The highest BCUT2D eigenvalue weighted by Gasteiger charge is 2.09. The zero-order valence-corrected chi connectivity index (χ0v) is 21.2. The standard InChI is InChI=1S/C31H27FO6/c1-20(2)30(34)36-18-17-22-5-11-25(12-6-22)37-29(33)16-8-23-7-15-27(28(32)19-23)24-9-13-26(14-10-24)38-31(35)21(3)4/h5-16,19H,1,3,17-18H2,2,4H3/b16-8+. The van der Waals surface area contributed by atoms with Crippen LogP contribution < -0.4 is 9.47 Å². The predicted molar refractivity (Wildman–Crippen MR) is 143 cm³/mol. The Morgan fingerprint density at radius 3 is 2.03 bits per heavy atom. The predicted octanol–water partition coefficient (Wildman–Crippen LogP) is 6.25. The lowest BCUT2D eigenvalue weighted by atomic mass is 10.0. The van der Waals surface area contributed by atoms with Crippen molar-refractivity contribution in [1.82, 2.24) is 0 Å². The van der Waals surface area contributed by atoms with Crippen LogP contribution in [0.25, 0.3) is 17.2 Å². The van der Waals surface area contributed by atoms with Gasteiger partial charge in [0.1, 0.15) is 17.3 Å². The van der Waals surface area contributed by atoms with E-state index in [9.17, 15) is 18.8 Å². The third-order valence-corrected chi connectivity index (χ3v) is 5.24. The first kappa shape index (κ1) is 27.8. The highest BCUT2D eigenvalue weighted by Crippen LogP contribution is 2.26. The van der Waals surface area contributed by atoms with Crippen molar-refractivity contribution in [2.75, 3.05) is 6.61 Å². The van der Waals surface area contributed by atoms with E-state index in [1.807, 2.05) is 0 Å². The summed E-state index contributed by atoms with van der Waals surface area (Å²) in [6.45, 7) is 10.4. The Kier molecular flexibility index (Phi) is 9.48. The summed E-state index contributed by atoms with van der Waals surface area (Å²) in [6.07, 6.45) is 3.19. The lowest BCUT2D eigenvalue weighted by Crippen LogP contribution is -2.08. The number of rotatable bonds is 10. The summed E-state index contributed by atoms with van der Waals surface area (Å²) in [5.41, 5.74) is 2.97. The van der Waals surface area contributed by atoms with Crippen LogP contribution in [-0.4, -0.2) is 24.5 Å². The number of hydrogen-bond acceptors (Lipinski definition) is 6. The SMILES string of the molecule is C=C(C)C(=O)OCCc1ccc(OC(=O)/C=C/c2ccc(-c3ccc(OC(=O)C(=C)C)cc3)c(F)c2)cc1. The molecule has 194 valence electrons. The van der Waals surface area contributed by atoms with Crippen molar-refractivity contribution in [1.29, 1.82) is 0 Å². The van der Waals surface area contributed by atoms with Crippen LogP contribution in [0.15, 0.2) is 97.1 Å². The molecule has 0 aromatic heterocycles. The zero-order chi connectivity index (χ0) is 27.7. The average molecular weight is 515 g/mol. The topological polar surface area (TPSA) is 78.9 Å². The summed E-state index contributed by atoms with van der Waals surface area (Å²) in [5.74, 6) is -1.38. The molecule has 0 aliphatic heterocycles. The van der Waals surface area contributed by atoms with Crippen LogP contribution in [0.3, 0.4) is 0 Å². The van der Waals surface area contributed by atoms with Gasteiger partial charge >= 0.3 is 17.9 Å². The first-order valence-corrected chi connectivity index (χ1v) is 11.7. The van der Waals surface area contributed by atoms with Gasteiger partial charge in [0.05, 0.1) is 6.61 Å². The third kappa shape index (κ3) is 8.13. The number of carbonyl (C=O) groups excluding carboxylic acids is 3. The molecule has 3 aromatic carbocycles. The molecule has 0 atom stereocenters. The van der Waals surface area contributed by atoms with E-state index >= 15 is 0 Å². The third-order valence-electron chi connectivity index (χ3n) is 5.24. The minimum Gasteiger partial charge on any atom is -0.462 e. The van der Waals surface area contributed by atoms with Crippen LogP contribution in [0.4, 0.5) is 4.39 Å². The molecule has 0 fully saturated rings. The van der Waals surface area contributed by atoms with E-state index in [2.05, 4.69) is 13.2 Å². The minimum atomic E-state index is -0.613. The fourth-order valence-electron chi connectivity index (χ4n) is 3.19. The van der Waals surface area contributed by atoms with E-state index in [4.69, 9.17) is 14.2 Å². The van der Waals surface area contributed by atoms with E-state index in [-0.39, 0.29) is 12.2 Å². The molecular formula is C31H27FO6. The second kappa shape index (κ2) is 13.0. The fraction of sp³-hybridized carbons (Fsp3) is 0.129. The van der Waals surface area contributed by atoms with Gasteiger partial charge in [-0.1, -0.05) is 49.6 Å². The van der Waals surface area contributed by atoms with Crippen LogP contribution in [0.1, 0.15) is 25.0 Å². The molecule has 7 heteroatoms. The molecule has 0 saturated heterocycles. The van der Waals surface area contributed by atoms with Gasteiger partial charge in [0.25, 0.3) is 0 Å². The highest BCUT2D eigenvalue weighted by molar-refractivity contribution is 5.89. The molecule has 0 N–H and O–H groups in total. The molecule has 3 aromatic rings. The van der Waals surface area contributed by atoms with Crippen molar-refractivity contribution in [2.45, 2.75) is 20.3 Å². The normalized spacial score (nSPS) is 10.6. The molecule has 3 rings (SSSR count). The summed E-state index contributed by atoms with van der Waals surface area (Å²) in [5, 5.41) is 0. The van der Waals surface area contributed by atoms with Gasteiger partial charge in [0.15, 0.2) is 0 Å². The largest absolute Gasteiger partial charge is 0.462 e. The van der Waals surface area contributed by atoms with Gasteiger partial charge in [-0.2, -0.15) is 0 Å². The molecule has 0 spiro atoms. The maximum absolute atomic E-state index is 14.8. The maximum atomic E-state index is 14.8. The van der Waals surface area contributed by atoms with Gasteiger partial charge in [-0.15, -0.1) is 0 Å². The average Bonchev–Trinajstić information content (AvgIpc) is 2.89. The summed E-state index contributed by atoms with van der Waals surface area (Å²) >= 11 is 0. The second-order valence-corrected chi connectivity index (χ2v) is 8.50. The quantitative estimate of drug-likeness (QED) is 0.181. The molecule has 0 heterocycles. The molecule has 0 aliphatic rings. The van der Waals surface area contributed by atoms with Crippen LogP contribution in [0.5, 0.6) is 11.5 Å². The molecule has 0 aliphatic carbocycles. The number of halogens is 1. The number of hydrogen-bond donors (Lipinski definition) is 0. The zero-order valence-electron chi connectivity index (χ0n) is 21.2. The Morgan fingerprint density at radius 2 is 1.42 bits per heavy atom. The van der Waals surface area contributed by atoms with E-state index in [0.29, 0.717) is 40.2 Å². The van der Waals surface area contributed by atoms with Crippen LogP contribution in [0, 0.1) is 5.82 Å². The highest BCUT2D eigenvalue weighted by atomic mass is 19.1. The van der Waals surface area contributed by atoms with Crippen molar-refractivity contribution in [2.24, 2.45) is 0 Å². The first-order valence-electron chi connectivity index (χ1n) is 11.7.